The highest BCUT2D eigenvalue weighted by atomic mass is 15.3. The number of nitrogens with one attached hydrogen (secondary N) is 1. The zero-order valence-electron chi connectivity index (χ0n) is 11.3. The molecule has 0 aromatic carbocycles. The molecule has 18 heavy (non-hydrogen) atoms. The molecule has 0 amide bonds. The quantitative estimate of drug-likeness (QED) is 0.873. The van der Waals surface area contributed by atoms with Gasteiger partial charge in [-0.1, -0.05) is 6.07 Å². The maximum absolute atomic E-state index is 4.59. The number of aryl methyl sites for hydroxylation is 3. The molecule has 0 aliphatic heterocycles. The van der Waals surface area contributed by atoms with Crippen LogP contribution in [0.25, 0.3) is 0 Å². The molecule has 0 unspecified atom stereocenters. The highest BCUT2D eigenvalue weighted by molar-refractivity contribution is 5.24. The molecule has 2 aromatic rings. The van der Waals surface area contributed by atoms with Gasteiger partial charge < -0.3 is 5.32 Å². The number of nitrogens with zero attached hydrogens (tertiary/aromatic N) is 3. The fourth-order valence-electron chi connectivity index (χ4n) is 2.15. The van der Waals surface area contributed by atoms with E-state index >= 15 is 0 Å². The summed E-state index contributed by atoms with van der Waals surface area (Å²) in [7, 11) is 1.96. The molecule has 0 saturated heterocycles. The van der Waals surface area contributed by atoms with E-state index in [1.807, 2.05) is 25.4 Å². The molecule has 2 aromatic heterocycles. The van der Waals surface area contributed by atoms with Crippen molar-refractivity contribution in [1.29, 1.82) is 0 Å². The van der Waals surface area contributed by atoms with Crippen molar-refractivity contribution in [2.45, 2.75) is 33.4 Å². The molecule has 1 N–H and O–H groups in total. The van der Waals surface area contributed by atoms with Crippen LogP contribution in [0.4, 0.5) is 0 Å². The SMILES string of the molecule is CNCc1c(C)nn(CCc2ccccn2)c1C. The van der Waals surface area contributed by atoms with Gasteiger partial charge in [-0.2, -0.15) is 5.10 Å². The van der Waals surface area contributed by atoms with Crippen LogP contribution in [-0.2, 0) is 19.5 Å². The van der Waals surface area contributed by atoms with Gasteiger partial charge in [0.15, 0.2) is 0 Å². The second kappa shape index (κ2) is 5.78. The molecule has 0 aliphatic rings. The molecule has 0 aliphatic carbocycles. The van der Waals surface area contributed by atoms with Crippen molar-refractivity contribution in [3.63, 3.8) is 0 Å². The Morgan fingerprint density at radius 1 is 1.28 bits per heavy atom. The molecule has 0 bridgehead atoms. The van der Waals surface area contributed by atoms with Gasteiger partial charge in [-0.15, -0.1) is 0 Å². The van der Waals surface area contributed by atoms with Crippen LogP contribution in [0.1, 0.15) is 22.6 Å². The second-order valence-electron chi connectivity index (χ2n) is 4.47. The number of hydrogen-bond donors (Lipinski definition) is 1. The van der Waals surface area contributed by atoms with Gasteiger partial charge in [0.2, 0.25) is 0 Å². The van der Waals surface area contributed by atoms with Crippen molar-refractivity contribution in [1.82, 2.24) is 20.1 Å². The van der Waals surface area contributed by atoms with Crippen LogP contribution in [-0.4, -0.2) is 21.8 Å². The van der Waals surface area contributed by atoms with Gasteiger partial charge in [0.25, 0.3) is 0 Å². The van der Waals surface area contributed by atoms with Crippen molar-refractivity contribution in [3.8, 4) is 0 Å². The first-order valence-corrected chi connectivity index (χ1v) is 6.29. The first kappa shape index (κ1) is 12.8. The van der Waals surface area contributed by atoms with Gasteiger partial charge in [-0.3, -0.25) is 9.67 Å². The normalized spacial score (nSPS) is 10.8. The zero-order chi connectivity index (χ0) is 13.0. The Morgan fingerprint density at radius 2 is 2.11 bits per heavy atom. The van der Waals surface area contributed by atoms with E-state index in [2.05, 4.69) is 40.0 Å². The minimum absolute atomic E-state index is 0.876. The maximum Gasteiger partial charge on any atom is 0.0641 e. The van der Waals surface area contributed by atoms with Crippen LogP contribution in [0.2, 0.25) is 0 Å². The van der Waals surface area contributed by atoms with Crippen molar-refractivity contribution in [2.75, 3.05) is 7.05 Å². The molecule has 0 saturated carbocycles. The number of pyridine rings is 1. The lowest BCUT2D eigenvalue weighted by molar-refractivity contribution is 0.587. The highest BCUT2D eigenvalue weighted by Crippen LogP contribution is 2.13. The van der Waals surface area contributed by atoms with Crippen LogP contribution in [0.15, 0.2) is 24.4 Å². The Hall–Kier alpha value is -1.68. The molecule has 2 rings (SSSR count). The van der Waals surface area contributed by atoms with Gasteiger partial charge in [-0.05, 0) is 33.0 Å². The van der Waals surface area contributed by atoms with E-state index in [0.29, 0.717) is 0 Å². The number of aromatic nitrogens is 3. The summed E-state index contributed by atoms with van der Waals surface area (Å²) < 4.78 is 2.08. The molecule has 0 spiro atoms. The molecule has 2 heterocycles. The minimum atomic E-state index is 0.876. The predicted molar refractivity (Wildman–Crippen MR) is 72.4 cm³/mol. The third-order valence-corrected chi connectivity index (χ3v) is 3.19. The predicted octanol–water partition coefficient (Wildman–Crippen LogP) is 1.86. The largest absolute Gasteiger partial charge is 0.316 e. The van der Waals surface area contributed by atoms with E-state index in [-0.39, 0.29) is 0 Å². The first-order valence-electron chi connectivity index (χ1n) is 6.29. The smallest absolute Gasteiger partial charge is 0.0641 e. The molecule has 0 fully saturated rings. The van der Waals surface area contributed by atoms with E-state index < -0.39 is 0 Å². The number of rotatable bonds is 5. The fourth-order valence-corrected chi connectivity index (χ4v) is 2.15. The molecule has 4 heteroatoms. The standard InChI is InChI=1S/C14H20N4/c1-11-14(10-15-3)12(2)18(17-11)9-7-13-6-4-5-8-16-13/h4-6,8,15H,7,9-10H2,1-3H3. The summed E-state index contributed by atoms with van der Waals surface area (Å²) in [5.41, 5.74) is 4.78. The first-order chi connectivity index (χ1) is 8.72. The third-order valence-electron chi connectivity index (χ3n) is 3.19. The number of hydrogen-bond acceptors (Lipinski definition) is 3. The van der Waals surface area contributed by atoms with E-state index in [0.717, 1.165) is 30.9 Å². The lowest BCUT2D eigenvalue weighted by Gasteiger charge is -2.05. The molecular weight excluding hydrogens is 224 g/mol. The fraction of sp³-hybridized carbons (Fsp3) is 0.429. The molecule has 96 valence electrons. The Bertz CT molecular complexity index is 502. The zero-order valence-corrected chi connectivity index (χ0v) is 11.3. The molecular formula is C14H20N4. The second-order valence-corrected chi connectivity index (χ2v) is 4.47. The summed E-state index contributed by atoms with van der Waals surface area (Å²) in [4.78, 5) is 4.34. The third kappa shape index (κ3) is 2.76. The highest BCUT2D eigenvalue weighted by Gasteiger charge is 2.10. The van der Waals surface area contributed by atoms with Crippen molar-refractivity contribution < 1.29 is 0 Å². The lowest BCUT2D eigenvalue weighted by atomic mass is 10.2. The Balaban J connectivity index is 2.08. The average molecular weight is 244 g/mol. The topological polar surface area (TPSA) is 42.7 Å². The van der Waals surface area contributed by atoms with Crippen molar-refractivity contribution in [2.24, 2.45) is 0 Å². The minimum Gasteiger partial charge on any atom is -0.316 e. The lowest BCUT2D eigenvalue weighted by Crippen LogP contribution is -2.09. The van der Waals surface area contributed by atoms with Crippen molar-refractivity contribution >= 4 is 0 Å². The van der Waals surface area contributed by atoms with E-state index in [9.17, 15) is 0 Å². The molecule has 0 atom stereocenters. The molecule has 4 nitrogen and oxygen atoms in total. The van der Waals surface area contributed by atoms with Crippen LogP contribution >= 0.6 is 0 Å². The van der Waals surface area contributed by atoms with E-state index in [4.69, 9.17) is 0 Å². The van der Waals surface area contributed by atoms with Crippen LogP contribution < -0.4 is 5.32 Å². The summed E-state index contributed by atoms with van der Waals surface area (Å²) in [6, 6.07) is 6.02. The van der Waals surface area contributed by atoms with Gasteiger partial charge in [-0.25, -0.2) is 0 Å². The summed E-state index contributed by atoms with van der Waals surface area (Å²) in [6.07, 6.45) is 2.75. The van der Waals surface area contributed by atoms with Crippen molar-refractivity contribution in [3.05, 3.63) is 47.0 Å². The monoisotopic (exact) mass is 244 g/mol. The van der Waals surface area contributed by atoms with Crippen LogP contribution in [0.5, 0.6) is 0 Å². The van der Waals surface area contributed by atoms with Crippen LogP contribution in [0.3, 0.4) is 0 Å². The van der Waals surface area contributed by atoms with Gasteiger partial charge in [0, 0.05) is 42.7 Å². The summed E-state index contributed by atoms with van der Waals surface area (Å²) >= 11 is 0. The molecule has 0 radical (unpaired) electrons. The van der Waals surface area contributed by atoms with E-state index in [1.54, 1.807) is 0 Å². The summed E-state index contributed by atoms with van der Waals surface area (Å²) in [6.45, 7) is 5.96. The Morgan fingerprint density at radius 3 is 2.78 bits per heavy atom. The maximum atomic E-state index is 4.59. The van der Waals surface area contributed by atoms with E-state index in [1.165, 1.54) is 11.3 Å². The van der Waals surface area contributed by atoms with Crippen LogP contribution in [0, 0.1) is 13.8 Å². The van der Waals surface area contributed by atoms with Gasteiger partial charge in [0.05, 0.1) is 5.69 Å². The summed E-state index contributed by atoms with van der Waals surface area (Å²) in [5, 5.41) is 7.78. The van der Waals surface area contributed by atoms with Gasteiger partial charge >= 0.3 is 0 Å². The van der Waals surface area contributed by atoms with Gasteiger partial charge in [0.1, 0.15) is 0 Å². The Kier molecular flexibility index (Phi) is 4.10. The summed E-state index contributed by atoms with van der Waals surface area (Å²) in [5.74, 6) is 0. The Labute approximate surface area is 108 Å². The average Bonchev–Trinajstić information content (AvgIpc) is 2.66.